The largest absolute Gasteiger partial charge is 0.463 e. The highest BCUT2D eigenvalue weighted by Gasteiger charge is 2.31. The van der Waals surface area contributed by atoms with E-state index in [1.807, 2.05) is 0 Å². The summed E-state index contributed by atoms with van der Waals surface area (Å²) in [5.74, 6) is -0.431. The van der Waals surface area contributed by atoms with Crippen LogP contribution in [0.3, 0.4) is 0 Å². The van der Waals surface area contributed by atoms with E-state index < -0.39 is 23.8 Å². The van der Waals surface area contributed by atoms with Crippen molar-refractivity contribution < 1.29 is 19.1 Å². The standard InChI is InChI=1S/C13H13N7O5/c1-6(21)24-5-7-2-3-9(25-7)19-12(22)11-10(16-18-19)8(4-14)17-20(11)13(15)23/h7,9H,2-3,5H2,1H3,(H2,15,23). The SMILES string of the molecule is CC(=O)OCC1CCC(n2nnc3c(C#N)nn(C(N)=O)c3c2=O)O1. The van der Waals surface area contributed by atoms with Crippen molar-refractivity contribution in [2.45, 2.75) is 32.1 Å². The Labute approximate surface area is 139 Å². The molecule has 0 aromatic carbocycles. The van der Waals surface area contributed by atoms with E-state index in [0.29, 0.717) is 17.5 Å². The minimum Gasteiger partial charge on any atom is -0.463 e. The summed E-state index contributed by atoms with van der Waals surface area (Å²) in [6.45, 7) is 1.35. The van der Waals surface area contributed by atoms with Gasteiger partial charge in [0, 0.05) is 6.92 Å². The van der Waals surface area contributed by atoms with Gasteiger partial charge in [-0.05, 0) is 12.8 Å². The van der Waals surface area contributed by atoms with Crippen LogP contribution in [-0.4, -0.2) is 49.5 Å². The Morgan fingerprint density at radius 3 is 2.88 bits per heavy atom. The molecular weight excluding hydrogens is 334 g/mol. The molecule has 2 aromatic heterocycles. The van der Waals surface area contributed by atoms with Crippen molar-refractivity contribution in [1.82, 2.24) is 24.8 Å². The van der Waals surface area contributed by atoms with Crippen LogP contribution in [-0.2, 0) is 14.3 Å². The molecule has 0 spiro atoms. The van der Waals surface area contributed by atoms with Gasteiger partial charge in [0.15, 0.2) is 23.0 Å². The van der Waals surface area contributed by atoms with E-state index in [-0.39, 0.29) is 29.4 Å². The summed E-state index contributed by atoms with van der Waals surface area (Å²) in [4.78, 5) is 35.0. The van der Waals surface area contributed by atoms with Gasteiger partial charge in [-0.1, -0.05) is 5.21 Å². The van der Waals surface area contributed by atoms with Gasteiger partial charge in [0.1, 0.15) is 12.7 Å². The number of aromatic nitrogens is 5. The van der Waals surface area contributed by atoms with Crippen LogP contribution in [0.25, 0.3) is 11.0 Å². The molecule has 2 atom stereocenters. The molecule has 1 saturated heterocycles. The topological polar surface area (TPSA) is 168 Å². The Balaban J connectivity index is 1.96. The lowest BCUT2D eigenvalue weighted by atomic mass is 10.2. The van der Waals surface area contributed by atoms with Crippen LogP contribution in [0.5, 0.6) is 0 Å². The molecule has 1 aliphatic heterocycles. The van der Waals surface area contributed by atoms with Crippen molar-refractivity contribution in [2.75, 3.05) is 6.61 Å². The fraction of sp³-hybridized carbons (Fsp3) is 0.462. The lowest BCUT2D eigenvalue weighted by Crippen LogP contribution is -2.32. The van der Waals surface area contributed by atoms with Crippen LogP contribution in [0.2, 0.25) is 0 Å². The van der Waals surface area contributed by atoms with E-state index in [9.17, 15) is 14.4 Å². The van der Waals surface area contributed by atoms with Crippen LogP contribution in [0.4, 0.5) is 4.79 Å². The Morgan fingerprint density at radius 1 is 1.48 bits per heavy atom. The zero-order valence-electron chi connectivity index (χ0n) is 13.1. The highest BCUT2D eigenvalue weighted by Crippen LogP contribution is 2.27. The molecule has 12 nitrogen and oxygen atoms in total. The van der Waals surface area contributed by atoms with E-state index in [1.165, 1.54) is 6.92 Å². The molecule has 3 rings (SSSR count). The Bertz CT molecular complexity index is 956. The third-order valence-electron chi connectivity index (χ3n) is 3.66. The second-order valence-electron chi connectivity index (χ2n) is 5.34. The number of fused-ring (bicyclic) bond motifs is 1. The predicted molar refractivity (Wildman–Crippen MR) is 79.1 cm³/mol. The summed E-state index contributed by atoms with van der Waals surface area (Å²) in [7, 11) is 0. The number of rotatable bonds is 3. The fourth-order valence-electron chi connectivity index (χ4n) is 2.56. The molecule has 2 aromatic rings. The molecule has 1 aliphatic rings. The number of esters is 1. The normalized spacial score (nSPS) is 19.7. The Kier molecular flexibility index (Phi) is 4.15. The molecule has 0 aliphatic carbocycles. The average molecular weight is 347 g/mol. The lowest BCUT2D eigenvalue weighted by molar-refractivity contribution is -0.145. The third kappa shape index (κ3) is 2.92. The van der Waals surface area contributed by atoms with Crippen LogP contribution < -0.4 is 11.3 Å². The van der Waals surface area contributed by atoms with E-state index in [4.69, 9.17) is 20.5 Å². The third-order valence-corrected chi connectivity index (χ3v) is 3.66. The van der Waals surface area contributed by atoms with Crippen molar-refractivity contribution >= 4 is 23.0 Å². The maximum absolute atomic E-state index is 12.7. The highest BCUT2D eigenvalue weighted by molar-refractivity contribution is 5.89. The number of carbonyl (C=O) groups is 2. The molecule has 2 N–H and O–H groups in total. The lowest BCUT2D eigenvalue weighted by Gasteiger charge is -2.14. The molecule has 130 valence electrons. The first kappa shape index (κ1) is 16.5. The van der Waals surface area contributed by atoms with Gasteiger partial charge >= 0.3 is 12.0 Å². The Hall–Kier alpha value is -3.33. The molecule has 0 radical (unpaired) electrons. The maximum atomic E-state index is 12.7. The van der Waals surface area contributed by atoms with Gasteiger partial charge in [-0.2, -0.15) is 14.6 Å². The van der Waals surface area contributed by atoms with Gasteiger partial charge in [0.05, 0.1) is 6.10 Å². The van der Waals surface area contributed by atoms with Crippen molar-refractivity contribution in [3.8, 4) is 6.07 Å². The van der Waals surface area contributed by atoms with Gasteiger partial charge in [0.2, 0.25) is 0 Å². The number of hydrogen-bond donors (Lipinski definition) is 1. The molecule has 1 amide bonds. The van der Waals surface area contributed by atoms with E-state index >= 15 is 0 Å². The van der Waals surface area contributed by atoms with Crippen LogP contribution in [0, 0.1) is 11.3 Å². The van der Waals surface area contributed by atoms with Crippen LogP contribution in [0.1, 0.15) is 31.7 Å². The van der Waals surface area contributed by atoms with Crippen molar-refractivity contribution in [1.29, 1.82) is 5.26 Å². The molecular formula is C13H13N7O5. The van der Waals surface area contributed by atoms with Crippen molar-refractivity contribution in [3.63, 3.8) is 0 Å². The number of nitrogens with two attached hydrogens (primary N) is 1. The van der Waals surface area contributed by atoms with Crippen molar-refractivity contribution in [3.05, 3.63) is 16.0 Å². The minimum atomic E-state index is -1.02. The fourth-order valence-corrected chi connectivity index (χ4v) is 2.56. The number of hydrogen-bond acceptors (Lipinski definition) is 9. The summed E-state index contributed by atoms with van der Waals surface area (Å²) >= 11 is 0. The van der Waals surface area contributed by atoms with Crippen LogP contribution >= 0.6 is 0 Å². The molecule has 3 heterocycles. The quantitative estimate of drug-likeness (QED) is 0.686. The van der Waals surface area contributed by atoms with Gasteiger partial charge in [-0.15, -0.1) is 10.2 Å². The number of ether oxygens (including phenoxy) is 2. The summed E-state index contributed by atoms with van der Waals surface area (Å²) in [6, 6.07) is 0.701. The molecule has 1 fully saturated rings. The smallest absolute Gasteiger partial charge is 0.340 e. The maximum Gasteiger partial charge on any atom is 0.340 e. The molecule has 0 bridgehead atoms. The van der Waals surface area contributed by atoms with Gasteiger partial charge < -0.3 is 15.2 Å². The van der Waals surface area contributed by atoms with E-state index in [2.05, 4.69) is 15.4 Å². The highest BCUT2D eigenvalue weighted by atomic mass is 16.6. The number of nitrogens with zero attached hydrogens (tertiary/aromatic N) is 6. The molecule has 12 heteroatoms. The summed E-state index contributed by atoms with van der Waals surface area (Å²) in [5.41, 5.74) is 3.89. The first-order valence-corrected chi connectivity index (χ1v) is 7.29. The summed E-state index contributed by atoms with van der Waals surface area (Å²) < 4.78 is 12.1. The van der Waals surface area contributed by atoms with E-state index in [1.54, 1.807) is 6.07 Å². The van der Waals surface area contributed by atoms with Gasteiger partial charge in [0.25, 0.3) is 5.56 Å². The molecule has 0 saturated carbocycles. The number of amides is 1. The monoisotopic (exact) mass is 347 g/mol. The van der Waals surface area contributed by atoms with Gasteiger partial charge in [-0.3, -0.25) is 9.59 Å². The summed E-state index contributed by atoms with van der Waals surface area (Å²) in [5, 5.41) is 20.2. The second kappa shape index (κ2) is 6.29. The molecule has 25 heavy (non-hydrogen) atoms. The molecule has 2 unspecified atom stereocenters. The summed E-state index contributed by atoms with van der Waals surface area (Å²) in [6.07, 6.45) is -0.148. The average Bonchev–Trinajstić information content (AvgIpc) is 3.17. The van der Waals surface area contributed by atoms with Crippen molar-refractivity contribution in [2.24, 2.45) is 5.73 Å². The zero-order valence-corrected chi connectivity index (χ0v) is 13.1. The second-order valence-corrected chi connectivity index (χ2v) is 5.34. The van der Waals surface area contributed by atoms with E-state index in [0.717, 1.165) is 4.68 Å². The minimum absolute atomic E-state index is 0.0635. The zero-order chi connectivity index (χ0) is 18.1. The first-order chi connectivity index (χ1) is 11.9. The van der Waals surface area contributed by atoms with Crippen LogP contribution in [0.15, 0.2) is 4.79 Å². The number of primary amides is 1. The first-order valence-electron chi connectivity index (χ1n) is 7.29. The number of carbonyl (C=O) groups excluding carboxylic acids is 2. The Morgan fingerprint density at radius 2 is 2.24 bits per heavy atom. The number of nitriles is 1. The van der Waals surface area contributed by atoms with Gasteiger partial charge in [-0.25, -0.2) is 4.79 Å². The predicted octanol–water partition coefficient (Wildman–Crippen LogP) is -0.973.